The Balaban J connectivity index is 2.12. The van der Waals surface area contributed by atoms with Crippen molar-refractivity contribution >= 4 is 0 Å². The van der Waals surface area contributed by atoms with Gasteiger partial charge < -0.3 is 0 Å². The van der Waals surface area contributed by atoms with Crippen molar-refractivity contribution in [3.8, 4) is 6.07 Å². The lowest BCUT2D eigenvalue weighted by molar-refractivity contribution is 0.547. The zero-order valence-corrected chi connectivity index (χ0v) is 8.61. The quantitative estimate of drug-likeness (QED) is 0.675. The number of rotatable bonds is 1. The van der Waals surface area contributed by atoms with Gasteiger partial charge in [-0.1, -0.05) is 36.4 Å². The van der Waals surface area contributed by atoms with E-state index in [0.29, 0.717) is 5.92 Å². The van der Waals surface area contributed by atoms with E-state index in [2.05, 4.69) is 36.4 Å². The molecule has 2 bridgehead atoms. The molecule has 1 aromatic carbocycles. The first-order valence-corrected chi connectivity index (χ1v) is 5.53. The van der Waals surface area contributed by atoms with Gasteiger partial charge in [0.25, 0.3) is 0 Å². The molecule has 74 valence electrons. The summed E-state index contributed by atoms with van der Waals surface area (Å²) in [6, 6.07) is 12.9. The molecule has 1 saturated carbocycles. The maximum atomic E-state index is 9.20. The van der Waals surface area contributed by atoms with E-state index in [9.17, 15) is 5.26 Å². The molecular weight excluding hydrogens is 182 g/mol. The van der Waals surface area contributed by atoms with E-state index in [1.165, 1.54) is 12.0 Å². The first-order chi connectivity index (χ1) is 7.35. The van der Waals surface area contributed by atoms with Crippen molar-refractivity contribution in [2.45, 2.75) is 24.7 Å². The van der Waals surface area contributed by atoms with Gasteiger partial charge in [-0.25, -0.2) is 0 Å². The summed E-state index contributed by atoms with van der Waals surface area (Å²) in [5, 5.41) is 9.20. The molecule has 2 aliphatic carbocycles. The summed E-state index contributed by atoms with van der Waals surface area (Å²) >= 11 is 0. The van der Waals surface area contributed by atoms with Gasteiger partial charge in [-0.05, 0) is 30.7 Å². The van der Waals surface area contributed by atoms with E-state index >= 15 is 0 Å². The molecule has 2 aliphatic rings. The molecule has 1 aromatic rings. The number of nitrogens with zero attached hydrogens (tertiary/aromatic N) is 1. The highest BCUT2D eigenvalue weighted by atomic mass is 14.5. The predicted octanol–water partition coefficient (Wildman–Crippen LogP) is 3.19. The Morgan fingerprint density at radius 2 is 2.07 bits per heavy atom. The number of allylic oxidation sites excluding steroid dienone is 2. The van der Waals surface area contributed by atoms with Gasteiger partial charge in [-0.2, -0.15) is 5.26 Å². The van der Waals surface area contributed by atoms with Crippen LogP contribution in [0, 0.1) is 17.2 Å². The van der Waals surface area contributed by atoms with Crippen molar-refractivity contribution < 1.29 is 0 Å². The standard InChI is InChI=1S/C14H13N/c15-10-13-8-11-6-7-14(13,9-11)12-4-2-1-3-5-12/h1-5,8,11H,6-7,9H2. The predicted molar refractivity (Wildman–Crippen MR) is 59.2 cm³/mol. The smallest absolute Gasteiger partial charge is 0.0953 e. The lowest BCUT2D eigenvalue weighted by Gasteiger charge is -2.27. The Hall–Kier alpha value is -1.55. The highest BCUT2D eigenvalue weighted by molar-refractivity contribution is 5.49. The lowest BCUT2D eigenvalue weighted by Crippen LogP contribution is -2.22. The highest BCUT2D eigenvalue weighted by Gasteiger charge is 2.47. The van der Waals surface area contributed by atoms with Gasteiger partial charge in [-0.3, -0.25) is 0 Å². The number of hydrogen-bond acceptors (Lipinski definition) is 1. The second-order valence-corrected chi connectivity index (χ2v) is 4.64. The van der Waals surface area contributed by atoms with Crippen LogP contribution in [0.15, 0.2) is 42.0 Å². The van der Waals surface area contributed by atoms with Crippen LogP contribution in [0.1, 0.15) is 24.8 Å². The van der Waals surface area contributed by atoms with Gasteiger partial charge in [0.2, 0.25) is 0 Å². The van der Waals surface area contributed by atoms with Crippen LogP contribution in [0.2, 0.25) is 0 Å². The van der Waals surface area contributed by atoms with Gasteiger partial charge in [0.15, 0.2) is 0 Å². The van der Waals surface area contributed by atoms with Crippen molar-refractivity contribution in [2.75, 3.05) is 0 Å². The third-order valence-corrected chi connectivity index (χ3v) is 3.92. The second-order valence-electron chi connectivity index (χ2n) is 4.64. The summed E-state index contributed by atoms with van der Waals surface area (Å²) < 4.78 is 0. The van der Waals surface area contributed by atoms with Crippen LogP contribution < -0.4 is 0 Å². The molecule has 0 aliphatic heterocycles. The van der Waals surface area contributed by atoms with Crippen LogP contribution >= 0.6 is 0 Å². The topological polar surface area (TPSA) is 23.8 Å². The minimum Gasteiger partial charge on any atom is -0.193 e. The zero-order valence-electron chi connectivity index (χ0n) is 8.61. The van der Waals surface area contributed by atoms with Gasteiger partial charge in [0.05, 0.1) is 6.07 Å². The van der Waals surface area contributed by atoms with E-state index in [1.807, 2.05) is 6.07 Å². The molecule has 0 N–H and O–H groups in total. The van der Waals surface area contributed by atoms with Crippen molar-refractivity contribution in [3.63, 3.8) is 0 Å². The average molecular weight is 195 g/mol. The molecule has 2 atom stereocenters. The van der Waals surface area contributed by atoms with E-state index in [0.717, 1.165) is 18.4 Å². The minimum absolute atomic E-state index is 0.0701. The highest BCUT2D eigenvalue weighted by Crippen LogP contribution is 2.54. The molecule has 2 unspecified atom stereocenters. The van der Waals surface area contributed by atoms with E-state index in [1.54, 1.807) is 0 Å². The first kappa shape index (κ1) is 8.73. The van der Waals surface area contributed by atoms with Crippen LogP contribution in [-0.4, -0.2) is 0 Å². The maximum absolute atomic E-state index is 9.20. The Morgan fingerprint density at radius 3 is 2.73 bits per heavy atom. The van der Waals surface area contributed by atoms with Crippen LogP contribution in [0.3, 0.4) is 0 Å². The van der Waals surface area contributed by atoms with E-state index < -0.39 is 0 Å². The van der Waals surface area contributed by atoms with Gasteiger partial charge in [-0.15, -0.1) is 0 Å². The molecular formula is C14H13N. The second kappa shape index (κ2) is 2.97. The Labute approximate surface area is 90.0 Å². The third kappa shape index (κ3) is 1.08. The summed E-state index contributed by atoms with van der Waals surface area (Å²) in [7, 11) is 0. The monoisotopic (exact) mass is 195 g/mol. The largest absolute Gasteiger partial charge is 0.193 e. The maximum Gasteiger partial charge on any atom is 0.0953 e. The Kier molecular flexibility index (Phi) is 1.73. The molecule has 0 saturated heterocycles. The van der Waals surface area contributed by atoms with E-state index in [-0.39, 0.29) is 5.41 Å². The number of hydrogen-bond donors (Lipinski definition) is 0. The minimum atomic E-state index is 0.0701. The molecule has 0 amide bonds. The zero-order chi connectivity index (χ0) is 10.3. The number of fused-ring (bicyclic) bond motifs is 2. The lowest BCUT2D eigenvalue weighted by atomic mass is 9.75. The number of benzene rings is 1. The van der Waals surface area contributed by atoms with Crippen LogP contribution in [0.25, 0.3) is 0 Å². The molecule has 1 fully saturated rings. The van der Waals surface area contributed by atoms with Crippen LogP contribution in [0.4, 0.5) is 0 Å². The van der Waals surface area contributed by atoms with Crippen LogP contribution in [-0.2, 0) is 5.41 Å². The SMILES string of the molecule is N#CC1=CC2CCC1(c1ccccc1)C2. The molecule has 1 nitrogen and oxygen atoms in total. The van der Waals surface area contributed by atoms with Crippen molar-refractivity contribution in [1.29, 1.82) is 5.26 Å². The molecule has 0 spiro atoms. The van der Waals surface area contributed by atoms with Gasteiger partial charge in [0.1, 0.15) is 0 Å². The molecule has 0 radical (unpaired) electrons. The molecule has 15 heavy (non-hydrogen) atoms. The molecule has 0 aromatic heterocycles. The normalized spacial score (nSPS) is 32.5. The summed E-state index contributed by atoms with van der Waals surface area (Å²) in [5.74, 6) is 0.653. The molecule has 3 rings (SSSR count). The summed E-state index contributed by atoms with van der Waals surface area (Å²) in [5.41, 5.74) is 2.41. The summed E-state index contributed by atoms with van der Waals surface area (Å²) in [4.78, 5) is 0. The fourth-order valence-electron chi connectivity index (χ4n) is 3.18. The van der Waals surface area contributed by atoms with Gasteiger partial charge >= 0.3 is 0 Å². The fourth-order valence-corrected chi connectivity index (χ4v) is 3.18. The first-order valence-electron chi connectivity index (χ1n) is 5.53. The molecule has 0 heterocycles. The third-order valence-electron chi connectivity index (χ3n) is 3.92. The van der Waals surface area contributed by atoms with Crippen molar-refractivity contribution in [3.05, 3.63) is 47.5 Å². The Bertz CT molecular complexity index is 452. The van der Waals surface area contributed by atoms with Crippen LogP contribution in [0.5, 0.6) is 0 Å². The summed E-state index contributed by atoms with van der Waals surface area (Å²) in [6.07, 6.45) is 5.75. The van der Waals surface area contributed by atoms with E-state index in [4.69, 9.17) is 0 Å². The fraction of sp³-hybridized carbons (Fsp3) is 0.357. The Morgan fingerprint density at radius 1 is 1.27 bits per heavy atom. The summed E-state index contributed by atoms with van der Waals surface area (Å²) in [6.45, 7) is 0. The molecule has 1 heteroatoms. The number of nitriles is 1. The van der Waals surface area contributed by atoms with Crippen molar-refractivity contribution in [1.82, 2.24) is 0 Å². The van der Waals surface area contributed by atoms with Crippen molar-refractivity contribution in [2.24, 2.45) is 5.92 Å². The van der Waals surface area contributed by atoms with Gasteiger partial charge in [0, 0.05) is 11.0 Å². The average Bonchev–Trinajstić information content (AvgIpc) is 2.88.